The molecular weight excluding hydrogens is 683 g/mol. The zero-order chi connectivity index (χ0) is 34.1. The van der Waals surface area contributed by atoms with Crippen LogP contribution >= 0.6 is 34.8 Å². The average molecular weight is 712 g/mol. The molecular formula is C33H29Cl3N6O6. The fourth-order valence-corrected chi connectivity index (χ4v) is 6.44. The summed E-state index contributed by atoms with van der Waals surface area (Å²) >= 11 is 20.6. The first-order chi connectivity index (χ1) is 23.1. The van der Waals surface area contributed by atoms with Crippen LogP contribution in [0.4, 0.5) is 4.79 Å². The van der Waals surface area contributed by atoms with Crippen LogP contribution in [-0.4, -0.2) is 56.0 Å². The number of rotatable bonds is 9. The number of amides is 2. The number of hydrogen-bond acceptors (Lipinski definition) is 8. The van der Waals surface area contributed by atoms with Crippen LogP contribution in [-0.2, 0) is 29.8 Å². The van der Waals surface area contributed by atoms with E-state index >= 15 is 0 Å². The van der Waals surface area contributed by atoms with Gasteiger partial charge in [0.25, 0.3) is 5.56 Å². The van der Waals surface area contributed by atoms with Gasteiger partial charge in [0.15, 0.2) is 5.82 Å². The number of carbonyl (C=O) groups excluding carboxylic acids is 2. The number of alkyl carbamates (subject to hydrolysis) is 1. The number of fused-ring (bicyclic) bond motifs is 1. The third-order valence-electron chi connectivity index (χ3n) is 8.10. The Balaban J connectivity index is 1.27. The maximum atomic E-state index is 12.9. The second kappa shape index (κ2) is 13.9. The number of halogens is 3. The van der Waals surface area contributed by atoms with Gasteiger partial charge in [0.2, 0.25) is 11.8 Å². The summed E-state index contributed by atoms with van der Waals surface area (Å²) in [5.41, 5.74) is 3.94. The van der Waals surface area contributed by atoms with Gasteiger partial charge in [-0.1, -0.05) is 71.2 Å². The number of ether oxygens (including phenoxy) is 2. The lowest BCUT2D eigenvalue weighted by Gasteiger charge is -2.16. The number of nitrogens with one attached hydrogen (secondary N) is 2. The first-order valence-electron chi connectivity index (χ1n) is 14.8. The molecule has 0 radical (unpaired) electrons. The van der Waals surface area contributed by atoms with Gasteiger partial charge in [0.1, 0.15) is 18.7 Å². The van der Waals surface area contributed by atoms with Crippen molar-refractivity contribution in [2.75, 3.05) is 13.7 Å². The Hall–Kier alpha value is -4.62. The van der Waals surface area contributed by atoms with E-state index in [9.17, 15) is 19.5 Å². The number of methoxy groups -OCH3 is 1. The quantitative estimate of drug-likeness (QED) is 0.184. The molecule has 1 fully saturated rings. The fourth-order valence-electron chi connectivity index (χ4n) is 5.54. The van der Waals surface area contributed by atoms with Crippen molar-refractivity contribution >= 4 is 52.3 Å². The van der Waals surface area contributed by atoms with Gasteiger partial charge >= 0.3 is 6.09 Å². The molecule has 0 bridgehead atoms. The van der Waals surface area contributed by atoms with Crippen molar-refractivity contribution < 1.29 is 24.2 Å². The lowest BCUT2D eigenvalue weighted by molar-refractivity contribution is -0.119. The highest BCUT2D eigenvalue weighted by molar-refractivity contribution is 6.39. The highest BCUT2D eigenvalue weighted by atomic mass is 35.5. The Morgan fingerprint density at radius 2 is 1.75 bits per heavy atom. The predicted octanol–water partition coefficient (Wildman–Crippen LogP) is 5.39. The largest absolute Gasteiger partial charge is 0.481 e. The lowest BCUT2D eigenvalue weighted by Crippen LogP contribution is -2.38. The van der Waals surface area contributed by atoms with Crippen molar-refractivity contribution in [3.63, 3.8) is 0 Å². The second-order valence-electron chi connectivity index (χ2n) is 11.1. The molecule has 15 heteroatoms. The highest BCUT2D eigenvalue weighted by Crippen LogP contribution is 2.43. The fraction of sp³-hybridized carbons (Fsp3) is 0.242. The van der Waals surface area contributed by atoms with E-state index in [1.165, 1.54) is 16.2 Å². The van der Waals surface area contributed by atoms with E-state index in [1.807, 2.05) is 30.3 Å². The second-order valence-corrected chi connectivity index (χ2v) is 12.2. The number of pyridine rings is 1. The number of aliphatic hydroxyl groups is 1. The Morgan fingerprint density at radius 3 is 2.42 bits per heavy atom. The van der Waals surface area contributed by atoms with Crippen molar-refractivity contribution in [3.8, 4) is 39.4 Å². The minimum Gasteiger partial charge on any atom is -0.481 e. The number of aliphatic hydroxyl groups excluding tert-OH is 1. The Bertz CT molecular complexity index is 2130. The summed E-state index contributed by atoms with van der Waals surface area (Å²) < 4.78 is 13.6. The average Bonchev–Trinajstić information content (AvgIpc) is 3.70. The van der Waals surface area contributed by atoms with Gasteiger partial charge in [-0.25, -0.2) is 14.3 Å². The van der Waals surface area contributed by atoms with Crippen LogP contribution in [0.2, 0.25) is 15.1 Å². The smallest absolute Gasteiger partial charge is 0.407 e. The van der Waals surface area contributed by atoms with Crippen LogP contribution in [0.25, 0.3) is 39.0 Å². The molecule has 12 nitrogen and oxygen atoms in total. The minimum absolute atomic E-state index is 0.0449. The van der Waals surface area contributed by atoms with Crippen molar-refractivity contribution in [1.82, 2.24) is 29.8 Å². The number of benzene rings is 2. The summed E-state index contributed by atoms with van der Waals surface area (Å²) in [6.07, 6.45) is 2.08. The molecule has 0 spiro atoms. The van der Waals surface area contributed by atoms with Crippen LogP contribution in [0.1, 0.15) is 24.2 Å². The summed E-state index contributed by atoms with van der Waals surface area (Å²) in [6.45, 7) is -0.338. The molecule has 2 amide bonds. The maximum Gasteiger partial charge on any atom is 0.407 e. The molecule has 1 unspecified atom stereocenters. The highest BCUT2D eigenvalue weighted by Gasteiger charge is 2.23. The van der Waals surface area contributed by atoms with E-state index in [0.717, 1.165) is 0 Å². The molecule has 4 heterocycles. The number of nitrogens with zero attached hydrogens (tertiary/aromatic N) is 4. The Kier molecular flexibility index (Phi) is 9.61. The molecule has 3 aromatic heterocycles. The van der Waals surface area contributed by atoms with Gasteiger partial charge in [-0.3, -0.25) is 14.2 Å². The third-order valence-corrected chi connectivity index (χ3v) is 9.25. The van der Waals surface area contributed by atoms with Crippen LogP contribution in [0.15, 0.2) is 59.5 Å². The van der Waals surface area contributed by atoms with Gasteiger partial charge < -0.3 is 25.2 Å². The third kappa shape index (κ3) is 6.44. The number of hydrogen-bond donors (Lipinski definition) is 3. The first kappa shape index (κ1) is 33.3. The van der Waals surface area contributed by atoms with Crippen LogP contribution < -0.4 is 20.9 Å². The van der Waals surface area contributed by atoms with E-state index in [1.54, 1.807) is 31.4 Å². The summed E-state index contributed by atoms with van der Waals surface area (Å²) in [5, 5.41) is 20.4. The van der Waals surface area contributed by atoms with Gasteiger partial charge in [-0.2, -0.15) is 5.10 Å². The lowest BCUT2D eigenvalue weighted by atomic mass is 9.97. The summed E-state index contributed by atoms with van der Waals surface area (Å²) in [6, 6.07) is 14.1. The molecule has 0 saturated carbocycles. The van der Waals surface area contributed by atoms with Gasteiger partial charge in [0, 0.05) is 60.1 Å². The monoisotopic (exact) mass is 710 g/mol. The molecule has 48 heavy (non-hydrogen) atoms. The van der Waals surface area contributed by atoms with Crippen molar-refractivity contribution in [2.45, 2.75) is 32.1 Å². The van der Waals surface area contributed by atoms with Crippen LogP contribution in [0, 0.1) is 0 Å². The van der Waals surface area contributed by atoms with Crippen molar-refractivity contribution in [1.29, 1.82) is 0 Å². The molecule has 2 aromatic carbocycles. The molecule has 1 saturated heterocycles. The normalized spacial score (nSPS) is 14.3. The van der Waals surface area contributed by atoms with Gasteiger partial charge in [-0.05, 0) is 18.6 Å². The molecule has 248 valence electrons. The minimum atomic E-state index is -0.671. The topological polar surface area (TPSA) is 149 Å². The SMILES string of the molecule is COc1nc(-c2cccc(-c3cccc(-c4cc5c(=O)n(C)c(CO)nn5c4)c3Cl)c2Cl)cc(Cl)c1COC(=O)NCC1CCC(=O)N1. The van der Waals surface area contributed by atoms with Crippen LogP contribution in [0.5, 0.6) is 5.88 Å². The predicted molar refractivity (Wildman–Crippen MR) is 181 cm³/mol. The number of carbonyl (C=O) groups is 2. The van der Waals surface area contributed by atoms with E-state index in [4.69, 9.17) is 44.3 Å². The molecule has 6 rings (SSSR count). The van der Waals surface area contributed by atoms with Gasteiger partial charge in [-0.15, -0.1) is 0 Å². The Morgan fingerprint density at radius 1 is 1.06 bits per heavy atom. The van der Waals surface area contributed by atoms with E-state index in [2.05, 4.69) is 20.7 Å². The number of aromatic nitrogens is 4. The van der Waals surface area contributed by atoms with Crippen LogP contribution in [0.3, 0.4) is 0 Å². The van der Waals surface area contributed by atoms with E-state index < -0.39 is 6.09 Å². The first-order valence-corrected chi connectivity index (χ1v) is 15.9. The summed E-state index contributed by atoms with van der Waals surface area (Å²) in [5.74, 6) is 0.331. The van der Waals surface area contributed by atoms with E-state index in [-0.39, 0.29) is 54.0 Å². The molecule has 0 aliphatic carbocycles. The molecule has 5 aromatic rings. The van der Waals surface area contributed by atoms with E-state index in [0.29, 0.717) is 67.5 Å². The maximum absolute atomic E-state index is 12.9. The zero-order valence-corrected chi connectivity index (χ0v) is 28.0. The molecule has 3 N–H and O–H groups in total. The summed E-state index contributed by atoms with van der Waals surface area (Å²) in [7, 11) is 2.98. The van der Waals surface area contributed by atoms with Crippen molar-refractivity contribution in [2.24, 2.45) is 7.05 Å². The molecule has 1 aliphatic heterocycles. The molecule has 1 aliphatic rings. The standard InChI is InChI=1S/C33H29Cl3N6O6/c1-41-27(15-43)40-42-14-17(11-26(42)32(41)45)19-5-3-6-20(29(19)35)21-7-4-8-22(30(21)36)25-12-24(34)23(31(39-25)47-2)16-48-33(46)37-13-18-9-10-28(44)38-18/h3-8,11-12,14,18,43H,9-10,13,15-16H2,1-2H3,(H,37,46)(H,38,44). The molecule has 1 atom stereocenters. The summed E-state index contributed by atoms with van der Waals surface area (Å²) in [4.78, 5) is 41.2. The Labute approximate surface area is 289 Å². The zero-order valence-electron chi connectivity index (χ0n) is 25.7. The van der Waals surface area contributed by atoms with Crippen molar-refractivity contribution in [3.05, 3.63) is 91.5 Å². The van der Waals surface area contributed by atoms with Gasteiger partial charge in [0.05, 0.1) is 33.4 Å².